The lowest BCUT2D eigenvalue weighted by atomic mass is 10.0. The minimum absolute atomic E-state index is 0.0544. The van der Waals surface area contributed by atoms with Gasteiger partial charge >= 0.3 is 0 Å². The third-order valence-corrected chi connectivity index (χ3v) is 2.59. The zero-order chi connectivity index (χ0) is 11.5. The number of amides is 1. The molecule has 0 saturated heterocycles. The second-order valence-electron chi connectivity index (χ2n) is 3.94. The third kappa shape index (κ3) is 2.10. The van der Waals surface area contributed by atoms with Gasteiger partial charge in [-0.3, -0.25) is 4.79 Å². The molecule has 3 N–H and O–H groups in total. The summed E-state index contributed by atoms with van der Waals surface area (Å²) in [7, 11) is 0. The molecule has 1 amide bonds. The summed E-state index contributed by atoms with van der Waals surface area (Å²) in [6.45, 7) is 2.67. The standard InChI is InChI=1S/C12H16N2O2/c1-2-5-16-11-7-10-8(6-9(11)13)3-4-12(15)14-10/h6-7H,2-5,13H2,1H3,(H,14,15). The number of aryl methyl sites for hydroxylation is 1. The van der Waals surface area contributed by atoms with E-state index in [0.717, 1.165) is 24.1 Å². The molecule has 1 aliphatic heterocycles. The molecule has 0 bridgehead atoms. The average Bonchev–Trinajstić information content (AvgIpc) is 2.27. The van der Waals surface area contributed by atoms with E-state index in [1.807, 2.05) is 19.1 Å². The summed E-state index contributed by atoms with van der Waals surface area (Å²) in [5, 5.41) is 2.83. The largest absolute Gasteiger partial charge is 0.491 e. The van der Waals surface area contributed by atoms with Crippen molar-refractivity contribution in [1.29, 1.82) is 0 Å². The molecule has 0 saturated carbocycles. The number of nitrogens with one attached hydrogen (secondary N) is 1. The number of nitrogen functional groups attached to an aromatic ring is 1. The van der Waals surface area contributed by atoms with Gasteiger partial charge in [-0.2, -0.15) is 0 Å². The highest BCUT2D eigenvalue weighted by atomic mass is 16.5. The zero-order valence-corrected chi connectivity index (χ0v) is 9.38. The fraction of sp³-hybridized carbons (Fsp3) is 0.417. The molecule has 4 nitrogen and oxygen atoms in total. The monoisotopic (exact) mass is 220 g/mol. The fourth-order valence-corrected chi connectivity index (χ4v) is 1.76. The van der Waals surface area contributed by atoms with E-state index in [-0.39, 0.29) is 5.91 Å². The Labute approximate surface area is 94.8 Å². The van der Waals surface area contributed by atoms with Crippen molar-refractivity contribution >= 4 is 17.3 Å². The smallest absolute Gasteiger partial charge is 0.224 e. The number of benzene rings is 1. The van der Waals surface area contributed by atoms with Crippen molar-refractivity contribution in [1.82, 2.24) is 0 Å². The highest BCUT2D eigenvalue weighted by molar-refractivity contribution is 5.94. The highest BCUT2D eigenvalue weighted by Crippen LogP contribution is 2.32. The number of hydrogen-bond donors (Lipinski definition) is 2. The Balaban J connectivity index is 2.27. The van der Waals surface area contributed by atoms with E-state index < -0.39 is 0 Å². The molecule has 0 unspecified atom stereocenters. The van der Waals surface area contributed by atoms with Crippen LogP contribution in [0.15, 0.2) is 12.1 Å². The van der Waals surface area contributed by atoms with Gasteiger partial charge in [0.1, 0.15) is 5.75 Å². The van der Waals surface area contributed by atoms with Gasteiger partial charge in [0.2, 0.25) is 5.91 Å². The minimum Gasteiger partial charge on any atom is -0.491 e. The number of carbonyl (C=O) groups excluding carboxylic acids is 1. The number of fused-ring (bicyclic) bond motifs is 1. The SMILES string of the molecule is CCCOc1cc2c(cc1N)CCC(=O)N2. The Kier molecular flexibility index (Phi) is 2.99. The van der Waals surface area contributed by atoms with E-state index in [4.69, 9.17) is 10.5 Å². The number of carbonyl (C=O) groups is 1. The molecule has 1 aromatic rings. The fourth-order valence-electron chi connectivity index (χ4n) is 1.76. The van der Waals surface area contributed by atoms with Gasteiger partial charge in [-0.05, 0) is 24.5 Å². The molecule has 0 aromatic heterocycles. The number of rotatable bonds is 3. The van der Waals surface area contributed by atoms with E-state index in [2.05, 4.69) is 5.32 Å². The Bertz CT molecular complexity index is 416. The predicted molar refractivity (Wildman–Crippen MR) is 63.6 cm³/mol. The van der Waals surface area contributed by atoms with Crippen molar-refractivity contribution in [3.05, 3.63) is 17.7 Å². The number of hydrogen-bond acceptors (Lipinski definition) is 3. The Morgan fingerprint density at radius 3 is 3.00 bits per heavy atom. The molecular weight excluding hydrogens is 204 g/mol. The highest BCUT2D eigenvalue weighted by Gasteiger charge is 2.16. The molecule has 0 atom stereocenters. The Morgan fingerprint density at radius 2 is 2.25 bits per heavy atom. The van der Waals surface area contributed by atoms with E-state index in [0.29, 0.717) is 24.5 Å². The lowest BCUT2D eigenvalue weighted by Gasteiger charge is -2.19. The van der Waals surface area contributed by atoms with Gasteiger partial charge in [0.05, 0.1) is 12.3 Å². The van der Waals surface area contributed by atoms with Crippen molar-refractivity contribution in [2.24, 2.45) is 0 Å². The molecule has 0 spiro atoms. The molecule has 0 fully saturated rings. The van der Waals surface area contributed by atoms with Crippen molar-refractivity contribution in [3.8, 4) is 5.75 Å². The summed E-state index contributed by atoms with van der Waals surface area (Å²) in [4.78, 5) is 11.3. The Morgan fingerprint density at radius 1 is 1.44 bits per heavy atom. The van der Waals surface area contributed by atoms with Crippen LogP contribution in [0.25, 0.3) is 0 Å². The van der Waals surface area contributed by atoms with Gasteiger partial charge in [0, 0.05) is 18.2 Å². The molecule has 2 rings (SSSR count). The molecule has 86 valence electrons. The van der Waals surface area contributed by atoms with Crippen LogP contribution < -0.4 is 15.8 Å². The molecule has 1 heterocycles. The lowest BCUT2D eigenvalue weighted by Crippen LogP contribution is -2.19. The van der Waals surface area contributed by atoms with E-state index in [9.17, 15) is 4.79 Å². The predicted octanol–water partition coefficient (Wildman–Crippen LogP) is 1.94. The van der Waals surface area contributed by atoms with Crippen molar-refractivity contribution in [2.45, 2.75) is 26.2 Å². The first-order chi connectivity index (χ1) is 7.70. The summed E-state index contributed by atoms with van der Waals surface area (Å²) in [6, 6.07) is 3.71. The van der Waals surface area contributed by atoms with Crippen molar-refractivity contribution in [3.63, 3.8) is 0 Å². The van der Waals surface area contributed by atoms with Crippen molar-refractivity contribution < 1.29 is 9.53 Å². The molecule has 0 aliphatic carbocycles. The van der Waals surface area contributed by atoms with Crippen LogP contribution in [-0.2, 0) is 11.2 Å². The molecule has 4 heteroatoms. The van der Waals surface area contributed by atoms with Crippen LogP contribution in [-0.4, -0.2) is 12.5 Å². The van der Waals surface area contributed by atoms with Crippen LogP contribution in [0.3, 0.4) is 0 Å². The summed E-state index contributed by atoms with van der Waals surface area (Å²) in [5.74, 6) is 0.710. The van der Waals surface area contributed by atoms with Gasteiger partial charge in [-0.15, -0.1) is 0 Å². The topological polar surface area (TPSA) is 64.3 Å². The quantitative estimate of drug-likeness (QED) is 0.765. The molecule has 0 radical (unpaired) electrons. The van der Waals surface area contributed by atoms with Gasteiger partial charge in [-0.25, -0.2) is 0 Å². The normalized spacial score (nSPS) is 14.2. The summed E-state index contributed by atoms with van der Waals surface area (Å²) in [5.41, 5.74) is 8.44. The maximum atomic E-state index is 11.3. The van der Waals surface area contributed by atoms with Crippen LogP contribution in [0.1, 0.15) is 25.3 Å². The van der Waals surface area contributed by atoms with Crippen LogP contribution >= 0.6 is 0 Å². The van der Waals surface area contributed by atoms with E-state index in [1.54, 1.807) is 0 Å². The first-order valence-corrected chi connectivity index (χ1v) is 5.55. The van der Waals surface area contributed by atoms with Crippen LogP contribution in [0.4, 0.5) is 11.4 Å². The maximum absolute atomic E-state index is 11.3. The van der Waals surface area contributed by atoms with Crippen LogP contribution in [0, 0.1) is 0 Å². The summed E-state index contributed by atoms with van der Waals surface area (Å²) < 4.78 is 5.51. The van der Waals surface area contributed by atoms with E-state index in [1.165, 1.54) is 0 Å². The second kappa shape index (κ2) is 4.43. The first kappa shape index (κ1) is 10.8. The third-order valence-electron chi connectivity index (χ3n) is 2.59. The Hall–Kier alpha value is -1.71. The van der Waals surface area contributed by atoms with Gasteiger partial charge in [0.15, 0.2) is 0 Å². The van der Waals surface area contributed by atoms with Crippen LogP contribution in [0.5, 0.6) is 5.75 Å². The lowest BCUT2D eigenvalue weighted by molar-refractivity contribution is -0.116. The first-order valence-electron chi connectivity index (χ1n) is 5.55. The number of anilines is 2. The number of ether oxygens (including phenoxy) is 1. The molecule has 1 aliphatic rings. The maximum Gasteiger partial charge on any atom is 0.224 e. The minimum atomic E-state index is 0.0544. The number of nitrogens with two attached hydrogens (primary N) is 1. The van der Waals surface area contributed by atoms with Gasteiger partial charge in [0.25, 0.3) is 0 Å². The molecular formula is C12H16N2O2. The van der Waals surface area contributed by atoms with E-state index >= 15 is 0 Å². The van der Waals surface area contributed by atoms with Gasteiger partial charge in [-0.1, -0.05) is 6.92 Å². The van der Waals surface area contributed by atoms with Gasteiger partial charge < -0.3 is 15.8 Å². The van der Waals surface area contributed by atoms with Crippen LogP contribution in [0.2, 0.25) is 0 Å². The second-order valence-corrected chi connectivity index (χ2v) is 3.94. The summed E-state index contributed by atoms with van der Waals surface area (Å²) in [6.07, 6.45) is 2.21. The molecule has 1 aromatic carbocycles. The molecule has 16 heavy (non-hydrogen) atoms. The summed E-state index contributed by atoms with van der Waals surface area (Å²) >= 11 is 0. The average molecular weight is 220 g/mol. The zero-order valence-electron chi connectivity index (χ0n) is 9.38. The van der Waals surface area contributed by atoms with Crippen molar-refractivity contribution in [2.75, 3.05) is 17.7 Å².